The van der Waals surface area contributed by atoms with Crippen molar-refractivity contribution in [1.82, 2.24) is 14.8 Å². The largest absolute Gasteiger partial charge is 0.497 e. The molecule has 1 aromatic heterocycles. The van der Waals surface area contributed by atoms with Crippen molar-refractivity contribution in [1.29, 1.82) is 0 Å². The number of thioether (sulfide) groups is 1. The molecule has 1 amide bonds. The van der Waals surface area contributed by atoms with Crippen molar-refractivity contribution >= 4 is 23.4 Å². The molecule has 0 fully saturated rings. The molecule has 0 bridgehead atoms. The van der Waals surface area contributed by atoms with Gasteiger partial charge < -0.3 is 10.1 Å². The van der Waals surface area contributed by atoms with Gasteiger partial charge in [0.1, 0.15) is 11.6 Å². The molecule has 0 saturated carbocycles. The van der Waals surface area contributed by atoms with Gasteiger partial charge in [-0.05, 0) is 49.4 Å². The van der Waals surface area contributed by atoms with Gasteiger partial charge in [0, 0.05) is 11.4 Å². The highest BCUT2D eigenvalue weighted by atomic mass is 32.2. The quantitative estimate of drug-likeness (QED) is 0.599. The SMILES string of the molecule is COc1ccc(-n2c(C)nnc2SCC(=O)Nc2cccc(C(F)(F)F)c2)cc1. The van der Waals surface area contributed by atoms with Gasteiger partial charge in [0.2, 0.25) is 5.91 Å². The molecule has 0 atom stereocenters. The molecule has 6 nitrogen and oxygen atoms in total. The number of carbonyl (C=O) groups excluding carboxylic acids is 1. The standard InChI is InChI=1S/C19H17F3N4O2S/c1-12-24-25-18(26(12)15-6-8-16(28-2)9-7-15)29-11-17(27)23-14-5-3-4-13(10-14)19(20,21)22/h3-10H,11H2,1-2H3,(H,23,27). The highest BCUT2D eigenvalue weighted by molar-refractivity contribution is 7.99. The first-order valence-corrected chi connectivity index (χ1v) is 9.43. The van der Waals surface area contributed by atoms with Gasteiger partial charge in [0.15, 0.2) is 5.16 Å². The van der Waals surface area contributed by atoms with E-state index in [4.69, 9.17) is 4.74 Å². The summed E-state index contributed by atoms with van der Waals surface area (Å²) in [6, 6.07) is 11.8. The Kier molecular flexibility index (Phi) is 6.12. The number of amides is 1. The number of carbonyl (C=O) groups is 1. The number of benzene rings is 2. The summed E-state index contributed by atoms with van der Waals surface area (Å²) in [7, 11) is 1.57. The van der Waals surface area contributed by atoms with Crippen LogP contribution in [0.1, 0.15) is 11.4 Å². The molecule has 0 radical (unpaired) electrons. The van der Waals surface area contributed by atoms with Crippen molar-refractivity contribution < 1.29 is 22.7 Å². The summed E-state index contributed by atoms with van der Waals surface area (Å²) in [6.07, 6.45) is -4.47. The number of ether oxygens (including phenoxy) is 1. The van der Waals surface area contributed by atoms with Crippen LogP contribution in [0.5, 0.6) is 5.75 Å². The molecule has 0 aliphatic carbocycles. The lowest BCUT2D eigenvalue weighted by molar-refractivity contribution is -0.137. The summed E-state index contributed by atoms with van der Waals surface area (Å²) in [5.41, 5.74) is 0.0603. The highest BCUT2D eigenvalue weighted by Crippen LogP contribution is 2.31. The second-order valence-electron chi connectivity index (χ2n) is 5.98. The molecule has 152 valence electrons. The summed E-state index contributed by atoms with van der Waals surface area (Å²) in [6.45, 7) is 1.78. The lowest BCUT2D eigenvalue weighted by Crippen LogP contribution is -2.15. The fourth-order valence-electron chi connectivity index (χ4n) is 2.57. The number of aryl methyl sites for hydroxylation is 1. The second kappa shape index (κ2) is 8.56. The van der Waals surface area contributed by atoms with Crippen LogP contribution in [0.25, 0.3) is 5.69 Å². The van der Waals surface area contributed by atoms with Gasteiger partial charge in [-0.15, -0.1) is 10.2 Å². The van der Waals surface area contributed by atoms with E-state index >= 15 is 0 Å². The van der Waals surface area contributed by atoms with E-state index in [-0.39, 0.29) is 11.4 Å². The van der Waals surface area contributed by atoms with Gasteiger partial charge in [0.05, 0.1) is 18.4 Å². The zero-order valence-electron chi connectivity index (χ0n) is 15.5. The molecule has 29 heavy (non-hydrogen) atoms. The van der Waals surface area contributed by atoms with Crippen LogP contribution in [-0.2, 0) is 11.0 Å². The fraction of sp³-hybridized carbons (Fsp3) is 0.211. The summed E-state index contributed by atoms with van der Waals surface area (Å²) in [5.74, 6) is 0.853. The molecule has 0 spiro atoms. The number of anilines is 1. The molecular formula is C19H17F3N4O2S. The van der Waals surface area contributed by atoms with Crippen LogP contribution in [0.3, 0.4) is 0 Å². The van der Waals surface area contributed by atoms with Crippen LogP contribution in [0.2, 0.25) is 0 Å². The molecule has 0 unspecified atom stereocenters. The topological polar surface area (TPSA) is 69.0 Å². The summed E-state index contributed by atoms with van der Waals surface area (Å²) >= 11 is 1.13. The van der Waals surface area contributed by atoms with E-state index in [1.807, 2.05) is 12.1 Å². The summed E-state index contributed by atoms with van der Waals surface area (Å²) < 4.78 is 45.3. The van der Waals surface area contributed by atoms with Gasteiger partial charge in [-0.3, -0.25) is 9.36 Å². The van der Waals surface area contributed by atoms with Gasteiger partial charge in [-0.2, -0.15) is 13.2 Å². The maximum Gasteiger partial charge on any atom is 0.416 e. The molecule has 0 aliphatic heterocycles. The van der Waals surface area contributed by atoms with Crippen LogP contribution in [0.15, 0.2) is 53.7 Å². The molecule has 0 saturated heterocycles. The molecule has 10 heteroatoms. The Bertz CT molecular complexity index is 1000. The number of nitrogens with one attached hydrogen (secondary N) is 1. The van der Waals surface area contributed by atoms with Crippen molar-refractivity contribution in [3.8, 4) is 11.4 Å². The van der Waals surface area contributed by atoms with Crippen LogP contribution in [0.4, 0.5) is 18.9 Å². The van der Waals surface area contributed by atoms with Crippen LogP contribution < -0.4 is 10.1 Å². The molecule has 3 aromatic rings. The first kappa shape index (κ1) is 20.7. The average Bonchev–Trinajstić information content (AvgIpc) is 3.06. The maximum absolute atomic E-state index is 12.8. The Labute approximate surface area is 169 Å². The Morgan fingerprint density at radius 2 is 1.90 bits per heavy atom. The van der Waals surface area contributed by atoms with Crippen molar-refractivity contribution in [3.05, 3.63) is 59.9 Å². The van der Waals surface area contributed by atoms with E-state index in [0.717, 1.165) is 29.6 Å². The zero-order chi connectivity index (χ0) is 21.0. The molecule has 2 aromatic carbocycles. The first-order valence-electron chi connectivity index (χ1n) is 8.44. The number of methoxy groups -OCH3 is 1. The van der Waals surface area contributed by atoms with E-state index in [1.165, 1.54) is 12.1 Å². The van der Waals surface area contributed by atoms with Crippen molar-refractivity contribution in [3.63, 3.8) is 0 Å². The minimum absolute atomic E-state index is 0.0372. The van der Waals surface area contributed by atoms with Crippen molar-refractivity contribution in [2.24, 2.45) is 0 Å². The number of hydrogen-bond acceptors (Lipinski definition) is 5. The number of aromatic nitrogens is 3. The number of nitrogens with zero attached hydrogens (tertiary/aromatic N) is 3. The number of rotatable bonds is 6. The molecule has 3 rings (SSSR count). The molecular weight excluding hydrogens is 405 g/mol. The smallest absolute Gasteiger partial charge is 0.416 e. The molecule has 1 heterocycles. The van der Waals surface area contributed by atoms with Crippen molar-refractivity contribution in [2.75, 3.05) is 18.2 Å². The summed E-state index contributed by atoms with van der Waals surface area (Å²) in [4.78, 5) is 12.2. The van der Waals surface area contributed by atoms with E-state index < -0.39 is 17.6 Å². The minimum Gasteiger partial charge on any atom is -0.497 e. The van der Waals surface area contributed by atoms with Crippen LogP contribution in [-0.4, -0.2) is 33.5 Å². The van der Waals surface area contributed by atoms with Crippen molar-refractivity contribution in [2.45, 2.75) is 18.3 Å². The van der Waals surface area contributed by atoms with Gasteiger partial charge in [-0.25, -0.2) is 0 Å². The van der Waals surface area contributed by atoms with Crippen LogP contribution >= 0.6 is 11.8 Å². The summed E-state index contributed by atoms with van der Waals surface area (Å²) in [5, 5.41) is 11.1. The monoisotopic (exact) mass is 422 g/mol. The Morgan fingerprint density at radius 3 is 2.55 bits per heavy atom. The minimum atomic E-state index is -4.47. The highest BCUT2D eigenvalue weighted by Gasteiger charge is 2.30. The van der Waals surface area contributed by atoms with Gasteiger partial charge in [-0.1, -0.05) is 17.8 Å². The third-order valence-electron chi connectivity index (χ3n) is 3.93. The maximum atomic E-state index is 12.8. The van der Waals surface area contributed by atoms with E-state index in [1.54, 1.807) is 30.7 Å². The van der Waals surface area contributed by atoms with E-state index in [0.29, 0.717) is 16.7 Å². The Hall–Kier alpha value is -3.01. The lowest BCUT2D eigenvalue weighted by atomic mass is 10.2. The van der Waals surface area contributed by atoms with Crippen LogP contribution in [0, 0.1) is 6.92 Å². The van der Waals surface area contributed by atoms with E-state index in [2.05, 4.69) is 15.5 Å². The normalized spacial score (nSPS) is 11.3. The second-order valence-corrected chi connectivity index (χ2v) is 6.92. The Balaban J connectivity index is 1.68. The number of halogens is 3. The number of alkyl halides is 3. The average molecular weight is 422 g/mol. The fourth-order valence-corrected chi connectivity index (χ4v) is 3.36. The lowest BCUT2D eigenvalue weighted by Gasteiger charge is -2.11. The third-order valence-corrected chi connectivity index (χ3v) is 4.86. The van der Waals surface area contributed by atoms with Gasteiger partial charge in [0.25, 0.3) is 0 Å². The number of hydrogen-bond donors (Lipinski definition) is 1. The molecule has 1 N–H and O–H groups in total. The molecule has 0 aliphatic rings. The Morgan fingerprint density at radius 1 is 1.17 bits per heavy atom. The van der Waals surface area contributed by atoms with E-state index in [9.17, 15) is 18.0 Å². The first-order chi connectivity index (χ1) is 13.8. The third kappa shape index (κ3) is 5.08. The predicted molar refractivity (Wildman–Crippen MR) is 103 cm³/mol. The predicted octanol–water partition coefficient (Wildman–Crippen LogP) is 4.33. The van der Waals surface area contributed by atoms with Gasteiger partial charge >= 0.3 is 6.18 Å². The zero-order valence-corrected chi connectivity index (χ0v) is 16.3.